The van der Waals surface area contributed by atoms with Gasteiger partial charge in [0.2, 0.25) is 5.91 Å². The molecule has 3 N–H and O–H groups in total. The van der Waals surface area contributed by atoms with Crippen LogP contribution in [0.4, 0.5) is 0 Å². The second-order valence-electron chi connectivity index (χ2n) is 6.43. The Morgan fingerprint density at radius 1 is 1.15 bits per heavy atom. The van der Waals surface area contributed by atoms with Crippen LogP contribution in [0.25, 0.3) is 32.1 Å². The van der Waals surface area contributed by atoms with Crippen LogP contribution < -0.4 is 10.9 Å². The van der Waals surface area contributed by atoms with Crippen LogP contribution in [0.15, 0.2) is 52.6 Å². The number of fused-ring (bicyclic) bond motifs is 3. The predicted molar refractivity (Wildman–Crippen MR) is 109 cm³/mol. The lowest BCUT2D eigenvalue weighted by atomic mass is 9.96. The highest BCUT2D eigenvalue weighted by Crippen LogP contribution is 2.39. The predicted octanol–water partition coefficient (Wildman–Crippen LogP) is 3.79. The third-order valence-electron chi connectivity index (χ3n) is 4.60. The van der Waals surface area contributed by atoms with Gasteiger partial charge in [0.1, 0.15) is 10.4 Å². The SMILES string of the molecule is CC(=O)NCCc1ccc(-c2c(O)ccc3[nH]c(=O)c4sccc4c23)cc1. The summed E-state index contributed by atoms with van der Waals surface area (Å²) in [5.41, 5.74) is 3.27. The third-order valence-corrected chi connectivity index (χ3v) is 5.52. The molecule has 0 bridgehead atoms. The van der Waals surface area contributed by atoms with Crippen molar-refractivity contribution in [2.45, 2.75) is 13.3 Å². The number of hydrogen-bond acceptors (Lipinski definition) is 4. The number of pyridine rings is 1. The highest BCUT2D eigenvalue weighted by Gasteiger charge is 2.15. The Morgan fingerprint density at radius 2 is 1.93 bits per heavy atom. The van der Waals surface area contributed by atoms with E-state index in [1.807, 2.05) is 35.7 Å². The summed E-state index contributed by atoms with van der Waals surface area (Å²) in [6.45, 7) is 2.09. The van der Waals surface area contributed by atoms with Gasteiger partial charge in [-0.25, -0.2) is 0 Å². The number of phenols is 1. The summed E-state index contributed by atoms with van der Waals surface area (Å²) in [5.74, 6) is 0.133. The summed E-state index contributed by atoms with van der Waals surface area (Å²) in [5, 5.41) is 16.9. The lowest BCUT2D eigenvalue weighted by molar-refractivity contribution is -0.118. The van der Waals surface area contributed by atoms with E-state index < -0.39 is 0 Å². The monoisotopic (exact) mass is 378 g/mol. The molecule has 0 aliphatic rings. The number of aromatic hydroxyl groups is 1. The molecule has 4 rings (SSSR count). The summed E-state index contributed by atoms with van der Waals surface area (Å²) < 4.78 is 0.654. The number of hydrogen-bond donors (Lipinski definition) is 3. The molecule has 2 aromatic carbocycles. The van der Waals surface area contributed by atoms with Crippen LogP contribution in [0.3, 0.4) is 0 Å². The van der Waals surface area contributed by atoms with E-state index in [-0.39, 0.29) is 17.2 Å². The molecular formula is C21H18N2O3S. The molecule has 0 aliphatic carbocycles. The van der Waals surface area contributed by atoms with Crippen molar-refractivity contribution >= 4 is 38.2 Å². The van der Waals surface area contributed by atoms with E-state index in [2.05, 4.69) is 10.3 Å². The topological polar surface area (TPSA) is 82.2 Å². The number of amides is 1. The fraction of sp³-hybridized carbons (Fsp3) is 0.143. The highest BCUT2D eigenvalue weighted by molar-refractivity contribution is 7.17. The fourth-order valence-electron chi connectivity index (χ4n) is 3.35. The maximum absolute atomic E-state index is 12.2. The second kappa shape index (κ2) is 6.89. The average Bonchev–Trinajstić information content (AvgIpc) is 3.13. The first-order valence-electron chi connectivity index (χ1n) is 8.63. The molecule has 0 atom stereocenters. The van der Waals surface area contributed by atoms with Crippen LogP contribution in [-0.2, 0) is 11.2 Å². The summed E-state index contributed by atoms with van der Waals surface area (Å²) in [6.07, 6.45) is 0.740. The van der Waals surface area contributed by atoms with Gasteiger partial charge >= 0.3 is 0 Å². The van der Waals surface area contributed by atoms with E-state index >= 15 is 0 Å². The zero-order valence-corrected chi connectivity index (χ0v) is 15.5. The number of aromatic nitrogens is 1. The van der Waals surface area contributed by atoms with E-state index in [0.717, 1.165) is 28.3 Å². The van der Waals surface area contributed by atoms with E-state index in [1.54, 1.807) is 12.1 Å². The molecule has 0 unspecified atom stereocenters. The zero-order chi connectivity index (χ0) is 19.0. The van der Waals surface area contributed by atoms with Crippen LogP contribution in [-0.4, -0.2) is 22.5 Å². The van der Waals surface area contributed by atoms with E-state index in [4.69, 9.17) is 0 Å². The maximum Gasteiger partial charge on any atom is 0.266 e. The largest absolute Gasteiger partial charge is 0.507 e. The Morgan fingerprint density at radius 3 is 2.67 bits per heavy atom. The van der Waals surface area contributed by atoms with Gasteiger partial charge in [0.15, 0.2) is 0 Å². The second-order valence-corrected chi connectivity index (χ2v) is 7.35. The number of carbonyl (C=O) groups is 1. The number of rotatable bonds is 4. The van der Waals surface area contributed by atoms with Crippen molar-refractivity contribution in [3.8, 4) is 16.9 Å². The summed E-state index contributed by atoms with van der Waals surface area (Å²) in [4.78, 5) is 26.1. The van der Waals surface area contributed by atoms with Gasteiger partial charge in [0.25, 0.3) is 5.56 Å². The number of thiophene rings is 1. The Labute approximate surface area is 159 Å². The van der Waals surface area contributed by atoms with E-state index in [9.17, 15) is 14.7 Å². The summed E-state index contributed by atoms with van der Waals surface area (Å²) in [6, 6.07) is 13.2. The molecule has 0 radical (unpaired) electrons. The van der Waals surface area contributed by atoms with Crippen molar-refractivity contribution in [2.75, 3.05) is 6.54 Å². The first kappa shape index (κ1) is 17.3. The fourth-order valence-corrected chi connectivity index (χ4v) is 4.15. The zero-order valence-electron chi connectivity index (χ0n) is 14.7. The van der Waals surface area contributed by atoms with Crippen LogP contribution in [0.5, 0.6) is 5.75 Å². The summed E-state index contributed by atoms with van der Waals surface area (Å²) >= 11 is 1.39. The van der Waals surface area contributed by atoms with Crippen molar-refractivity contribution in [1.29, 1.82) is 0 Å². The Balaban J connectivity index is 1.81. The number of H-pyrrole nitrogens is 1. The van der Waals surface area contributed by atoms with Gasteiger partial charge in [0.05, 0.1) is 0 Å². The first-order chi connectivity index (χ1) is 13.0. The number of aromatic amines is 1. The highest BCUT2D eigenvalue weighted by atomic mass is 32.1. The molecule has 0 fully saturated rings. The van der Waals surface area contributed by atoms with E-state index in [1.165, 1.54) is 18.3 Å². The molecule has 1 amide bonds. The molecule has 0 saturated heterocycles. The van der Waals surface area contributed by atoms with Gasteiger partial charge in [-0.15, -0.1) is 11.3 Å². The first-order valence-corrected chi connectivity index (χ1v) is 9.51. The van der Waals surface area contributed by atoms with Gasteiger partial charge in [0, 0.05) is 35.3 Å². The van der Waals surface area contributed by atoms with E-state index in [0.29, 0.717) is 22.3 Å². The van der Waals surface area contributed by atoms with Gasteiger partial charge in [-0.2, -0.15) is 0 Å². The molecule has 0 spiro atoms. The van der Waals surface area contributed by atoms with Gasteiger partial charge in [-0.1, -0.05) is 24.3 Å². The van der Waals surface area contributed by atoms with Crippen LogP contribution in [0, 0.1) is 0 Å². The molecular weight excluding hydrogens is 360 g/mol. The van der Waals surface area contributed by atoms with Crippen molar-refractivity contribution < 1.29 is 9.90 Å². The minimum atomic E-state index is -0.113. The van der Waals surface area contributed by atoms with Crippen LogP contribution >= 0.6 is 11.3 Å². The third kappa shape index (κ3) is 3.19. The summed E-state index contributed by atoms with van der Waals surface area (Å²) in [7, 11) is 0. The molecule has 6 heteroatoms. The van der Waals surface area contributed by atoms with Crippen molar-refractivity contribution in [1.82, 2.24) is 10.3 Å². The quantitative estimate of drug-likeness (QED) is 0.505. The lowest BCUT2D eigenvalue weighted by Gasteiger charge is -2.11. The number of phenolic OH excluding ortho intramolecular Hbond substituents is 1. The van der Waals surface area contributed by atoms with Crippen LogP contribution in [0.2, 0.25) is 0 Å². The standard InChI is InChI=1S/C21H18N2O3S/c1-12(24)22-10-8-13-2-4-14(5-3-13)18-17(25)7-6-16-19(18)15-9-11-27-20(15)21(26)23-16/h2-7,9,11,25H,8,10H2,1H3,(H,22,24)(H,23,26). The van der Waals surface area contributed by atoms with Gasteiger partial charge in [-0.3, -0.25) is 9.59 Å². The minimum absolute atomic E-state index is 0.0407. The Kier molecular flexibility index (Phi) is 4.41. The smallest absolute Gasteiger partial charge is 0.266 e. The number of carbonyl (C=O) groups excluding carboxylic acids is 1. The molecule has 2 heterocycles. The molecule has 5 nitrogen and oxygen atoms in total. The normalized spacial score (nSPS) is 11.1. The molecule has 27 heavy (non-hydrogen) atoms. The van der Waals surface area contributed by atoms with Crippen molar-refractivity contribution in [3.63, 3.8) is 0 Å². The molecule has 0 saturated carbocycles. The van der Waals surface area contributed by atoms with Gasteiger partial charge < -0.3 is 15.4 Å². The number of benzene rings is 2. The van der Waals surface area contributed by atoms with Crippen molar-refractivity contribution in [3.05, 3.63) is 63.8 Å². The Bertz CT molecular complexity index is 1210. The van der Waals surface area contributed by atoms with Crippen LogP contribution in [0.1, 0.15) is 12.5 Å². The van der Waals surface area contributed by atoms with Gasteiger partial charge in [-0.05, 0) is 41.1 Å². The minimum Gasteiger partial charge on any atom is -0.507 e. The molecule has 2 aromatic heterocycles. The Hall–Kier alpha value is -3.12. The number of nitrogens with one attached hydrogen (secondary N) is 2. The molecule has 4 aromatic rings. The lowest BCUT2D eigenvalue weighted by Crippen LogP contribution is -2.22. The molecule has 136 valence electrons. The molecule has 0 aliphatic heterocycles. The maximum atomic E-state index is 12.2. The average molecular weight is 378 g/mol. The van der Waals surface area contributed by atoms with Crippen molar-refractivity contribution in [2.24, 2.45) is 0 Å².